The van der Waals surface area contributed by atoms with Crippen molar-refractivity contribution in [1.29, 1.82) is 0 Å². The molecule has 0 spiro atoms. The normalized spacial score (nSPS) is 12.1. The summed E-state index contributed by atoms with van der Waals surface area (Å²) in [6, 6.07) is 18.0. The van der Waals surface area contributed by atoms with Crippen molar-refractivity contribution in [2.45, 2.75) is 19.9 Å². The lowest BCUT2D eigenvalue weighted by Crippen LogP contribution is -2.33. The zero-order valence-corrected chi connectivity index (χ0v) is 16.5. The molecular weight excluding hydrogens is 368 g/mol. The first-order valence-corrected chi connectivity index (χ1v) is 9.35. The molecule has 2 N–H and O–H groups in total. The minimum Gasteiger partial charge on any atom is -0.459 e. The van der Waals surface area contributed by atoms with Crippen molar-refractivity contribution in [3.8, 4) is 5.69 Å². The van der Waals surface area contributed by atoms with Crippen LogP contribution in [0.4, 0.5) is 10.5 Å². The van der Waals surface area contributed by atoms with Gasteiger partial charge < -0.3 is 15.1 Å². The van der Waals surface area contributed by atoms with Gasteiger partial charge in [0.15, 0.2) is 0 Å². The number of nitrogens with zero attached hydrogens (tertiary/aromatic N) is 2. The first-order valence-electron chi connectivity index (χ1n) is 9.35. The Morgan fingerprint density at radius 1 is 1.07 bits per heavy atom. The van der Waals surface area contributed by atoms with E-state index in [1.165, 1.54) is 4.68 Å². The van der Waals surface area contributed by atoms with E-state index in [1.807, 2.05) is 67.6 Å². The molecule has 2 heterocycles. The molecule has 7 nitrogen and oxygen atoms in total. The maximum absolute atomic E-state index is 12.9. The lowest BCUT2D eigenvalue weighted by atomic mass is 10.2. The van der Waals surface area contributed by atoms with Gasteiger partial charge in [-0.3, -0.25) is 9.48 Å². The van der Waals surface area contributed by atoms with E-state index >= 15 is 0 Å². The Morgan fingerprint density at radius 2 is 1.76 bits per heavy atom. The third-order valence-corrected chi connectivity index (χ3v) is 5.01. The number of urea groups is 1. The van der Waals surface area contributed by atoms with Gasteiger partial charge in [0.1, 0.15) is 17.0 Å². The summed E-state index contributed by atoms with van der Waals surface area (Å²) < 4.78 is 9.04. The topological polar surface area (TPSA) is 81.2 Å². The zero-order chi connectivity index (χ0) is 20.5. The molecule has 0 fully saturated rings. The van der Waals surface area contributed by atoms with Crippen molar-refractivity contribution < 1.29 is 9.21 Å². The van der Waals surface area contributed by atoms with Gasteiger partial charge in [0.05, 0.1) is 17.4 Å². The number of hydrogen-bond donors (Lipinski definition) is 2. The summed E-state index contributed by atoms with van der Waals surface area (Å²) in [7, 11) is 1.78. The van der Waals surface area contributed by atoms with Crippen molar-refractivity contribution >= 4 is 22.7 Å². The monoisotopic (exact) mass is 390 g/mol. The highest BCUT2D eigenvalue weighted by molar-refractivity contribution is 5.90. The molecule has 4 aromatic rings. The molecule has 2 aromatic heterocycles. The highest BCUT2D eigenvalue weighted by atomic mass is 16.3. The summed E-state index contributed by atoms with van der Waals surface area (Å²) in [6.45, 7) is 3.62. The molecule has 0 aliphatic carbocycles. The van der Waals surface area contributed by atoms with Crippen molar-refractivity contribution in [2.75, 3.05) is 5.32 Å². The van der Waals surface area contributed by atoms with E-state index in [2.05, 4.69) is 10.6 Å². The van der Waals surface area contributed by atoms with E-state index in [9.17, 15) is 9.59 Å². The predicted octanol–water partition coefficient (Wildman–Crippen LogP) is 4.11. The van der Waals surface area contributed by atoms with E-state index in [-0.39, 0.29) is 17.3 Å². The van der Waals surface area contributed by atoms with Crippen LogP contribution in [0.2, 0.25) is 0 Å². The molecule has 7 heteroatoms. The Bertz CT molecular complexity index is 1200. The van der Waals surface area contributed by atoms with Gasteiger partial charge in [-0.05, 0) is 38.1 Å². The number of anilines is 1. The summed E-state index contributed by atoms with van der Waals surface area (Å²) in [5.74, 6) is 0.646. The van der Waals surface area contributed by atoms with E-state index in [0.717, 1.165) is 16.7 Å². The van der Waals surface area contributed by atoms with E-state index in [1.54, 1.807) is 18.7 Å². The molecule has 0 radical (unpaired) electrons. The number of carbonyl (C=O) groups is 1. The van der Waals surface area contributed by atoms with Crippen LogP contribution < -0.4 is 16.2 Å². The summed E-state index contributed by atoms with van der Waals surface area (Å²) in [6.07, 6.45) is 0. The van der Waals surface area contributed by atoms with E-state index in [4.69, 9.17) is 4.42 Å². The van der Waals surface area contributed by atoms with Crippen LogP contribution in [0.1, 0.15) is 24.4 Å². The Kier molecular flexibility index (Phi) is 4.72. The smallest absolute Gasteiger partial charge is 0.320 e. The standard InChI is InChI=1S/C22H22N4O3/c1-14(19-13-16-9-7-8-12-18(16)29-19)23-22(28)24-20-15(2)25(3)26(21(20)27)17-10-5-4-6-11-17/h4-14H,1-3H3,(H2,23,24,28)/t14-/m0/s1. The number of furan rings is 1. The predicted molar refractivity (Wildman–Crippen MR) is 113 cm³/mol. The van der Waals surface area contributed by atoms with Crippen molar-refractivity contribution in [2.24, 2.45) is 7.05 Å². The molecule has 0 bridgehead atoms. The second-order valence-electron chi connectivity index (χ2n) is 6.94. The third kappa shape index (κ3) is 3.42. The number of carbonyl (C=O) groups excluding carboxylic acids is 1. The average molecular weight is 390 g/mol. The van der Waals surface area contributed by atoms with Crippen LogP contribution in [-0.2, 0) is 7.05 Å². The number of para-hydroxylation sites is 2. The first-order chi connectivity index (χ1) is 14.0. The maximum Gasteiger partial charge on any atom is 0.320 e. The van der Waals surface area contributed by atoms with Gasteiger partial charge in [0.2, 0.25) is 0 Å². The van der Waals surface area contributed by atoms with Crippen LogP contribution in [-0.4, -0.2) is 15.4 Å². The fraction of sp³-hybridized carbons (Fsp3) is 0.182. The second-order valence-corrected chi connectivity index (χ2v) is 6.94. The molecule has 0 unspecified atom stereocenters. The molecule has 2 amide bonds. The minimum absolute atomic E-state index is 0.241. The van der Waals surface area contributed by atoms with Crippen molar-refractivity contribution in [3.05, 3.63) is 82.5 Å². The average Bonchev–Trinajstić information content (AvgIpc) is 3.24. The number of benzene rings is 2. The zero-order valence-electron chi connectivity index (χ0n) is 16.5. The highest BCUT2D eigenvalue weighted by Crippen LogP contribution is 2.23. The van der Waals surface area contributed by atoms with E-state index < -0.39 is 6.03 Å². The van der Waals surface area contributed by atoms with Crippen LogP contribution >= 0.6 is 0 Å². The van der Waals surface area contributed by atoms with Gasteiger partial charge in [0, 0.05) is 12.4 Å². The number of fused-ring (bicyclic) bond motifs is 1. The largest absolute Gasteiger partial charge is 0.459 e. The number of aromatic nitrogens is 2. The maximum atomic E-state index is 12.9. The summed E-state index contributed by atoms with van der Waals surface area (Å²) >= 11 is 0. The fourth-order valence-corrected chi connectivity index (χ4v) is 3.35. The Morgan fingerprint density at radius 3 is 2.48 bits per heavy atom. The number of nitrogens with one attached hydrogen (secondary N) is 2. The molecule has 1 atom stereocenters. The van der Waals surface area contributed by atoms with Gasteiger partial charge in [0.25, 0.3) is 5.56 Å². The van der Waals surface area contributed by atoms with E-state index in [0.29, 0.717) is 11.5 Å². The van der Waals surface area contributed by atoms with Crippen molar-refractivity contribution in [1.82, 2.24) is 14.7 Å². The third-order valence-electron chi connectivity index (χ3n) is 5.01. The summed E-state index contributed by atoms with van der Waals surface area (Å²) in [5, 5.41) is 6.50. The molecule has 0 aliphatic rings. The Balaban J connectivity index is 1.55. The van der Waals surface area contributed by atoms with Crippen LogP contribution in [0, 0.1) is 6.92 Å². The van der Waals surface area contributed by atoms with Crippen LogP contribution in [0.15, 0.2) is 69.9 Å². The number of rotatable bonds is 4. The second kappa shape index (κ2) is 7.35. The van der Waals surface area contributed by atoms with Gasteiger partial charge >= 0.3 is 6.03 Å². The lowest BCUT2D eigenvalue weighted by Gasteiger charge is -2.12. The van der Waals surface area contributed by atoms with Crippen LogP contribution in [0.25, 0.3) is 16.7 Å². The molecule has 0 saturated carbocycles. The number of hydrogen-bond acceptors (Lipinski definition) is 3. The first kappa shape index (κ1) is 18.6. The molecule has 29 heavy (non-hydrogen) atoms. The lowest BCUT2D eigenvalue weighted by molar-refractivity contribution is 0.248. The van der Waals surface area contributed by atoms with Gasteiger partial charge in [-0.25, -0.2) is 9.48 Å². The molecular formula is C22H22N4O3. The molecule has 0 saturated heterocycles. The summed E-state index contributed by atoms with van der Waals surface area (Å²) in [4.78, 5) is 25.5. The fourth-order valence-electron chi connectivity index (χ4n) is 3.35. The molecule has 4 rings (SSSR count). The summed E-state index contributed by atoms with van der Waals surface area (Å²) in [5.41, 5.74) is 2.10. The molecule has 148 valence electrons. The molecule has 0 aliphatic heterocycles. The quantitative estimate of drug-likeness (QED) is 0.550. The SMILES string of the molecule is Cc1c(NC(=O)N[C@@H](C)c2cc3ccccc3o2)c(=O)n(-c2ccccc2)n1C. The van der Waals surface area contributed by atoms with Gasteiger partial charge in [-0.1, -0.05) is 36.4 Å². The van der Waals surface area contributed by atoms with Crippen molar-refractivity contribution in [3.63, 3.8) is 0 Å². The highest BCUT2D eigenvalue weighted by Gasteiger charge is 2.20. The van der Waals surface area contributed by atoms with Gasteiger partial charge in [-0.15, -0.1) is 0 Å². The molecule has 2 aromatic carbocycles. The minimum atomic E-state index is -0.469. The number of amides is 2. The Labute approximate surface area is 167 Å². The van der Waals surface area contributed by atoms with Crippen LogP contribution in [0.5, 0.6) is 0 Å². The van der Waals surface area contributed by atoms with Crippen LogP contribution in [0.3, 0.4) is 0 Å². The van der Waals surface area contributed by atoms with Gasteiger partial charge in [-0.2, -0.15) is 0 Å². The Hall–Kier alpha value is -3.74.